The molecule has 2 fully saturated rings. The molecule has 0 radical (unpaired) electrons. The molecule has 1 atom stereocenters. The van der Waals surface area contributed by atoms with Crippen LogP contribution in [0.5, 0.6) is 0 Å². The van der Waals surface area contributed by atoms with E-state index in [4.69, 9.17) is 4.98 Å². The van der Waals surface area contributed by atoms with Gasteiger partial charge in [0.25, 0.3) is 0 Å². The number of hydrogen-bond acceptors (Lipinski definition) is 3. The van der Waals surface area contributed by atoms with Gasteiger partial charge in [0.1, 0.15) is 5.65 Å². The summed E-state index contributed by atoms with van der Waals surface area (Å²) in [5.74, 6) is 2.03. The Morgan fingerprint density at radius 3 is 2.95 bits per heavy atom. The second kappa shape index (κ2) is 5.34. The molecule has 1 aliphatic carbocycles. The molecule has 1 N–H and O–H groups in total. The minimum absolute atomic E-state index is 0.731. The van der Waals surface area contributed by atoms with Crippen molar-refractivity contribution in [2.75, 3.05) is 18.0 Å². The molecular formula is C17H24N4. The lowest BCUT2D eigenvalue weighted by atomic mass is 10.1. The summed E-state index contributed by atoms with van der Waals surface area (Å²) >= 11 is 0. The van der Waals surface area contributed by atoms with E-state index in [1.807, 2.05) is 0 Å². The van der Waals surface area contributed by atoms with E-state index in [2.05, 4.69) is 45.9 Å². The smallest absolute Gasteiger partial charge is 0.152 e. The van der Waals surface area contributed by atoms with E-state index in [0.29, 0.717) is 0 Å². The Hall–Kier alpha value is -1.55. The van der Waals surface area contributed by atoms with Crippen molar-refractivity contribution in [3.63, 3.8) is 0 Å². The van der Waals surface area contributed by atoms with Gasteiger partial charge in [-0.1, -0.05) is 19.4 Å². The molecule has 3 heterocycles. The first-order valence-electron chi connectivity index (χ1n) is 8.29. The fourth-order valence-corrected chi connectivity index (χ4v) is 3.34. The third-order valence-corrected chi connectivity index (χ3v) is 4.91. The van der Waals surface area contributed by atoms with E-state index in [9.17, 15) is 0 Å². The maximum Gasteiger partial charge on any atom is 0.152 e. The van der Waals surface area contributed by atoms with Crippen LogP contribution in [-0.4, -0.2) is 28.5 Å². The van der Waals surface area contributed by atoms with Crippen LogP contribution < -0.4 is 10.2 Å². The van der Waals surface area contributed by atoms with E-state index < -0.39 is 0 Å². The maximum atomic E-state index is 4.91. The first-order valence-corrected chi connectivity index (χ1v) is 8.29. The molecule has 4 heteroatoms. The molecule has 0 amide bonds. The first kappa shape index (κ1) is 13.1. The van der Waals surface area contributed by atoms with Crippen LogP contribution in [0, 0.1) is 5.92 Å². The SMILES string of the molecule is CCC1CCN(c2nc3ccccn3c2CNC2CC2)C1. The number of nitrogens with one attached hydrogen (secondary N) is 1. The Morgan fingerprint density at radius 1 is 1.29 bits per heavy atom. The van der Waals surface area contributed by atoms with Crippen molar-refractivity contribution in [3.8, 4) is 0 Å². The largest absolute Gasteiger partial charge is 0.355 e. The molecule has 1 aliphatic heterocycles. The van der Waals surface area contributed by atoms with Gasteiger partial charge in [0.15, 0.2) is 5.82 Å². The van der Waals surface area contributed by atoms with Gasteiger partial charge in [0.2, 0.25) is 0 Å². The summed E-state index contributed by atoms with van der Waals surface area (Å²) in [6.07, 6.45) is 7.38. The minimum Gasteiger partial charge on any atom is -0.355 e. The number of fused-ring (bicyclic) bond motifs is 1. The zero-order valence-electron chi connectivity index (χ0n) is 12.8. The second-order valence-electron chi connectivity index (χ2n) is 6.48. The van der Waals surface area contributed by atoms with E-state index in [1.54, 1.807) is 0 Å². The summed E-state index contributed by atoms with van der Waals surface area (Å²) in [7, 11) is 0. The first-order chi connectivity index (χ1) is 10.3. The number of nitrogens with zero attached hydrogens (tertiary/aromatic N) is 3. The second-order valence-corrected chi connectivity index (χ2v) is 6.48. The molecular weight excluding hydrogens is 260 g/mol. The number of pyridine rings is 1. The highest BCUT2D eigenvalue weighted by atomic mass is 15.3. The van der Waals surface area contributed by atoms with Crippen molar-refractivity contribution in [1.29, 1.82) is 0 Å². The summed E-state index contributed by atoms with van der Waals surface area (Å²) in [4.78, 5) is 7.40. The van der Waals surface area contributed by atoms with Crippen molar-refractivity contribution < 1.29 is 0 Å². The summed E-state index contributed by atoms with van der Waals surface area (Å²) < 4.78 is 2.25. The van der Waals surface area contributed by atoms with Crippen molar-refractivity contribution in [1.82, 2.24) is 14.7 Å². The maximum absolute atomic E-state index is 4.91. The predicted octanol–water partition coefficient (Wildman–Crippen LogP) is 2.82. The number of aromatic nitrogens is 2. The normalized spacial score (nSPS) is 22.3. The van der Waals surface area contributed by atoms with Gasteiger partial charge in [-0.15, -0.1) is 0 Å². The van der Waals surface area contributed by atoms with Crippen LogP contribution in [0.25, 0.3) is 5.65 Å². The summed E-state index contributed by atoms with van der Waals surface area (Å²) in [6, 6.07) is 7.01. The van der Waals surface area contributed by atoms with Crippen LogP contribution in [0.15, 0.2) is 24.4 Å². The average Bonchev–Trinajstić information content (AvgIpc) is 3.10. The van der Waals surface area contributed by atoms with Crippen LogP contribution in [0.4, 0.5) is 5.82 Å². The van der Waals surface area contributed by atoms with Crippen LogP contribution in [0.1, 0.15) is 38.3 Å². The molecule has 1 saturated heterocycles. The fourth-order valence-electron chi connectivity index (χ4n) is 3.34. The Kier molecular flexibility index (Phi) is 3.34. The molecule has 0 aromatic carbocycles. The topological polar surface area (TPSA) is 32.6 Å². The highest BCUT2D eigenvalue weighted by Gasteiger charge is 2.27. The molecule has 2 aromatic rings. The average molecular weight is 284 g/mol. The van der Waals surface area contributed by atoms with Gasteiger partial charge in [-0.05, 0) is 37.3 Å². The Labute approximate surface area is 126 Å². The summed E-state index contributed by atoms with van der Waals surface area (Å²) in [6.45, 7) is 5.54. The van der Waals surface area contributed by atoms with Gasteiger partial charge in [0, 0.05) is 31.9 Å². The molecule has 4 nitrogen and oxygen atoms in total. The van der Waals surface area contributed by atoms with Crippen molar-refractivity contribution in [2.24, 2.45) is 5.92 Å². The van der Waals surface area contributed by atoms with E-state index in [1.165, 1.54) is 37.2 Å². The number of rotatable bonds is 5. The molecule has 0 bridgehead atoms. The zero-order valence-corrected chi connectivity index (χ0v) is 12.8. The third-order valence-electron chi connectivity index (χ3n) is 4.91. The van der Waals surface area contributed by atoms with E-state index in [-0.39, 0.29) is 0 Å². The predicted molar refractivity (Wildman–Crippen MR) is 85.7 cm³/mol. The fraction of sp³-hybridized carbons (Fsp3) is 0.588. The van der Waals surface area contributed by atoms with Gasteiger partial charge in [-0.3, -0.25) is 0 Å². The van der Waals surface area contributed by atoms with Crippen molar-refractivity contribution in [2.45, 2.75) is 45.2 Å². The van der Waals surface area contributed by atoms with Gasteiger partial charge in [-0.25, -0.2) is 4.98 Å². The highest BCUT2D eigenvalue weighted by molar-refractivity contribution is 5.56. The number of anilines is 1. The summed E-state index contributed by atoms with van der Waals surface area (Å²) in [5.41, 5.74) is 2.40. The molecule has 21 heavy (non-hydrogen) atoms. The molecule has 0 spiro atoms. The minimum atomic E-state index is 0.731. The lowest BCUT2D eigenvalue weighted by Crippen LogP contribution is -2.24. The molecule has 4 rings (SSSR count). The van der Waals surface area contributed by atoms with Crippen LogP contribution >= 0.6 is 0 Å². The van der Waals surface area contributed by atoms with Gasteiger partial charge in [-0.2, -0.15) is 0 Å². The quantitative estimate of drug-likeness (QED) is 0.916. The van der Waals surface area contributed by atoms with Crippen LogP contribution in [-0.2, 0) is 6.54 Å². The third kappa shape index (κ3) is 2.53. The van der Waals surface area contributed by atoms with E-state index >= 15 is 0 Å². The molecule has 112 valence electrons. The summed E-state index contributed by atoms with van der Waals surface area (Å²) in [5, 5.41) is 3.65. The Morgan fingerprint density at radius 2 is 2.19 bits per heavy atom. The molecule has 1 unspecified atom stereocenters. The Balaban J connectivity index is 1.67. The van der Waals surface area contributed by atoms with E-state index in [0.717, 1.165) is 37.2 Å². The van der Waals surface area contributed by atoms with Gasteiger partial charge < -0.3 is 14.6 Å². The highest BCUT2D eigenvalue weighted by Crippen LogP contribution is 2.29. The molecule has 2 aliphatic rings. The lowest BCUT2D eigenvalue weighted by Gasteiger charge is -2.18. The molecule has 2 aromatic heterocycles. The van der Waals surface area contributed by atoms with Crippen molar-refractivity contribution in [3.05, 3.63) is 30.1 Å². The zero-order chi connectivity index (χ0) is 14.2. The van der Waals surface area contributed by atoms with Gasteiger partial charge >= 0.3 is 0 Å². The number of hydrogen-bond donors (Lipinski definition) is 1. The standard InChI is InChI=1S/C17H24N4/c1-2-13-8-10-20(12-13)17-15(11-18-14-6-7-14)21-9-4-3-5-16(21)19-17/h3-5,9,13-14,18H,2,6-8,10-12H2,1H3. The van der Waals surface area contributed by atoms with Gasteiger partial charge in [0.05, 0.1) is 5.69 Å². The van der Waals surface area contributed by atoms with Crippen LogP contribution in [0.3, 0.4) is 0 Å². The monoisotopic (exact) mass is 284 g/mol. The Bertz CT molecular complexity index is 629. The molecule has 1 saturated carbocycles. The van der Waals surface area contributed by atoms with Crippen LogP contribution in [0.2, 0.25) is 0 Å². The lowest BCUT2D eigenvalue weighted by molar-refractivity contribution is 0.568. The number of imidazole rings is 1. The van der Waals surface area contributed by atoms with Crippen molar-refractivity contribution >= 4 is 11.5 Å².